The van der Waals surface area contributed by atoms with Crippen LogP contribution in [0.15, 0.2) is 0 Å². The van der Waals surface area contributed by atoms with E-state index in [0.717, 1.165) is 25.7 Å². The molecule has 0 atom stereocenters. The number of nitrogens with zero attached hydrogens (tertiary/aromatic N) is 3. The van der Waals surface area contributed by atoms with Gasteiger partial charge in [-0.15, -0.1) is 5.10 Å². The zero-order valence-corrected chi connectivity index (χ0v) is 11.6. The minimum absolute atomic E-state index is 0.0235. The van der Waals surface area contributed by atoms with Gasteiger partial charge in [-0.05, 0) is 32.6 Å². The molecule has 0 bridgehead atoms. The molecule has 1 N–H and O–H groups in total. The monoisotopic (exact) mass is 264 g/mol. The molecule has 1 saturated carbocycles. The first-order valence-electron chi connectivity index (χ1n) is 6.69. The highest BCUT2D eigenvalue weighted by atomic mass is 16.1. The molecule has 1 heterocycles. The molecule has 0 aliphatic heterocycles. The van der Waals surface area contributed by atoms with Gasteiger partial charge in [0.2, 0.25) is 5.91 Å². The highest BCUT2D eigenvalue weighted by Crippen LogP contribution is 2.27. The lowest BCUT2D eigenvalue weighted by Crippen LogP contribution is -2.36. The number of rotatable bonds is 3. The number of aromatic nitrogens is 3. The summed E-state index contributed by atoms with van der Waals surface area (Å²) in [4.78, 5) is 24.1. The van der Waals surface area contributed by atoms with Crippen LogP contribution in [0.1, 0.15) is 61.8 Å². The molecule has 0 radical (unpaired) electrons. The van der Waals surface area contributed by atoms with Gasteiger partial charge in [0.25, 0.3) is 0 Å². The quantitative estimate of drug-likeness (QED) is 0.837. The zero-order chi connectivity index (χ0) is 14.0. The van der Waals surface area contributed by atoms with Gasteiger partial charge in [-0.25, -0.2) is 0 Å². The first-order chi connectivity index (χ1) is 8.97. The molecular formula is C13H20N4O2. The molecule has 2 rings (SSSR count). The number of aryl methyl sites for hydroxylation is 1. The van der Waals surface area contributed by atoms with Crippen LogP contribution >= 0.6 is 0 Å². The summed E-state index contributed by atoms with van der Waals surface area (Å²) in [7, 11) is 0. The van der Waals surface area contributed by atoms with Crippen molar-refractivity contribution in [2.75, 3.05) is 0 Å². The second-order valence-electron chi connectivity index (χ2n) is 5.22. The summed E-state index contributed by atoms with van der Waals surface area (Å²) in [5, 5.41) is 11.6. The van der Waals surface area contributed by atoms with Crippen molar-refractivity contribution in [2.45, 2.75) is 58.5 Å². The Bertz CT molecular complexity index is 487. The van der Waals surface area contributed by atoms with Gasteiger partial charge in [-0.3, -0.25) is 9.59 Å². The number of hydrogen-bond donors (Lipinski definition) is 1. The number of hydrogen-bond acceptors (Lipinski definition) is 4. The fourth-order valence-electron chi connectivity index (χ4n) is 2.63. The van der Waals surface area contributed by atoms with Crippen LogP contribution in [0.4, 0.5) is 0 Å². The van der Waals surface area contributed by atoms with Gasteiger partial charge >= 0.3 is 0 Å². The Hall–Kier alpha value is -1.72. The standard InChI is InChI=1S/C13H20N4O2/c1-8-13(9(2)18)16-17(15-8)12-6-4-11(5-7-12)14-10(3)19/h11-12H,4-7H2,1-3H3,(H,14,19). The van der Waals surface area contributed by atoms with Crippen LogP contribution in [0, 0.1) is 6.92 Å². The number of nitrogens with one attached hydrogen (secondary N) is 1. The summed E-state index contributed by atoms with van der Waals surface area (Å²) in [5.74, 6) is -0.0222. The Labute approximate surface area is 112 Å². The van der Waals surface area contributed by atoms with Crippen molar-refractivity contribution in [3.8, 4) is 0 Å². The molecule has 1 aliphatic rings. The molecule has 0 saturated heterocycles. The fraction of sp³-hybridized carbons (Fsp3) is 0.692. The highest BCUT2D eigenvalue weighted by molar-refractivity contribution is 5.92. The van der Waals surface area contributed by atoms with Crippen molar-refractivity contribution in [1.29, 1.82) is 0 Å². The maximum atomic E-state index is 11.4. The Morgan fingerprint density at radius 1 is 1.16 bits per heavy atom. The van der Waals surface area contributed by atoms with Gasteiger partial charge in [0.1, 0.15) is 0 Å². The predicted octanol–water partition coefficient (Wildman–Crippen LogP) is 1.41. The SMILES string of the molecule is CC(=O)NC1CCC(n2nc(C)c(C(C)=O)n2)CC1. The van der Waals surface area contributed by atoms with E-state index in [9.17, 15) is 9.59 Å². The van der Waals surface area contributed by atoms with Gasteiger partial charge in [-0.2, -0.15) is 9.90 Å². The van der Waals surface area contributed by atoms with E-state index in [-0.39, 0.29) is 23.8 Å². The van der Waals surface area contributed by atoms with Gasteiger partial charge in [0, 0.05) is 19.9 Å². The summed E-state index contributed by atoms with van der Waals surface area (Å²) < 4.78 is 0. The van der Waals surface area contributed by atoms with Crippen LogP contribution in [-0.2, 0) is 4.79 Å². The number of amides is 1. The molecule has 6 heteroatoms. The molecular weight excluding hydrogens is 244 g/mol. The maximum Gasteiger partial charge on any atom is 0.217 e. The second kappa shape index (κ2) is 5.50. The number of carbonyl (C=O) groups excluding carboxylic acids is 2. The smallest absolute Gasteiger partial charge is 0.217 e. The molecule has 0 spiro atoms. The third-order valence-corrected chi connectivity index (χ3v) is 3.56. The van der Waals surface area contributed by atoms with E-state index in [4.69, 9.17) is 0 Å². The van der Waals surface area contributed by atoms with Crippen LogP contribution in [0.3, 0.4) is 0 Å². The Kier molecular flexibility index (Phi) is 3.97. The van der Waals surface area contributed by atoms with Gasteiger partial charge < -0.3 is 5.32 Å². The van der Waals surface area contributed by atoms with E-state index in [0.29, 0.717) is 11.4 Å². The zero-order valence-electron chi connectivity index (χ0n) is 11.6. The molecule has 0 unspecified atom stereocenters. The van der Waals surface area contributed by atoms with Crippen molar-refractivity contribution in [3.63, 3.8) is 0 Å². The van der Waals surface area contributed by atoms with Crippen LogP contribution in [0.25, 0.3) is 0 Å². The van der Waals surface area contributed by atoms with E-state index < -0.39 is 0 Å². The number of Topliss-reactive ketones (excluding diaryl/α,β-unsaturated/α-hetero) is 1. The van der Waals surface area contributed by atoms with E-state index in [1.807, 2.05) is 6.92 Å². The lowest BCUT2D eigenvalue weighted by Gasteiger charge is -2.28. The average molecular weight is 264 g/mol. The summed E-state index contributed by atoms with van der Waals surface area (Å²) in [6.45, 7) is 4.86. The molecule has 1 aromatic rings. The first kappa shape index (κ1) is 13.7. The van der Waals surface area contributed by atoms with Crippen LogP contribution < -0.4 is 5.32 Å². The molecule has 6 nitrogen and oxygen atoms in total. The molecule has 1 fully saturated rings. The normalized spacial score (nSPS) is 23.1. The molecule has 1 aromatic heterocycles. The molecule has 1 amide bonds. The van der Waals surface area contributed by atoms with Crippen molar-refractivity contribution in [3.05, 3.63) is 11.4 Å². The fourth-order valence-corrected chi connectivity index (χ4v) is 2.63. The van der Waals surface area contributed by atoms with Crippen molar-refractivity contribution in [1.82, 2.24) is 20.3 Å². The van der Waals surface area contributed by atoms with Crippen LogP contribution in [0.2, 0.25) is 0 Å². The number of ketones is 1. The Morgan fingerprint density at radius 2 is 1.79 bits per heavy atom. The lowest BCUT2D eigenvalue weighted by molar-refractivity contribution is -0.119. The third kappa shape index (κ3) is 3.19. The van der Waals surface area contributed by atoms with Crippen molar-refractivity contribution >= 4 is 11.7 Å². The molecule has 104 valence electrons. The summed E-state index contributed by atoms with van der Waals surface area (Å²) in [6.07, 6.45) is 3.72. The second-order valence-corrected chi connectivity index (χ2v) is 5.22. The van der Waals surface area contributed by atoms with Crippen molar-refractivity contribution < 1.29 is 9.59 Å². The van der Waals surface area contributed by atoms with E-state index in [1.165, 1.54) is 6.92 Å². The predicted molar refractivity (Wildman–Crippen MR) is 69.9 cm³/mol. The largest absolute Gasteiger partial charge is 0.354 e. The molecule has 1 aliphatic carbocycles. The van der Waals surface area contributed by atoms with E-state index in [1.54, 1.807) is 11.7 Å². The lowest BCUT2D eigenvalue weighted by atomic mass is 9.91. The van der Waals surface area contributed by atoms with E-state index >= 15 is 0 Å². The number of carbonyl (C=O) groups is 2. The van der Waals surface area contributed by atoms with Gasteiger partial charge in [-0.1, -0.05) is 0 Å². The van der Waals surface area contributed by atoms with Crippen LogP contribution in [-0.4, -0.2) is 32.7 Å². The molecule has 0 aromatic carbocycles. The summed E-state index contributed by atoms with van der Waals surface area (Å²) in [5.41, 5.74) is 1.15. The Balaban J connectivity index is 2.00. The topological polar surface area (TPSA) is 76.9 Å². The minimum Gasteiger partial charge on any atom is -0.354 e. The highest BCUT2D eigenvalue weighted by Gasteiger charge is 2.25. The summed E-state index contributed by atoms with van der Waals surface area (Å²) >= 11 is 0. The van der Waals surface area contributed by atoms with Gasteiger partial charge in [0.05, 0.1) is 11.7 Å². The first-order valence-corrected chi connectivity index (χ1v) is 6.69. The molecule has 19 heavy (non-hydrogen) atoms. The minimum atomic E-state index is -0.0457. The van der Waals surface area contributed by atoms with Crippen molar-refractivity contribution in [2.24, 2.45) is 0 Å². The van der Waals surface area contributed by atoms with Crippen LogP contribution in [0.5, 0.6) is 0 Å². The average Bonchev–Trinajstić information content (AvgIpc) is 2.71. The maximum absolute atomic E-state index is 11.4. The Morgan fingerprint density at radius 3 is 2.26 bits per heavy atom. The van der Waals surface area contributed by atoms with Gasteiger partial charge in [0.15, 0.2) is 11.5 Å². The van der Waals surface area contributed by atoms with E-state index in [2.05, 4.69) is 15.5 Å². The third-order valence-electron chi connectivity index (χ3n) is 3.56. The summed E-state index contributed by atoms with van der Waals surface area (Å²) in [6, 6.07) is 0.495.